The quantitative estimate of drug-likeness (QED) is 0.922. The lowest BCUT2D eigenvalue weighted by Crippen LogP contribution is -2.21. The van der Waals surface area contributed by atoms with Crippen LogP contribution in [0.25, 0.3) is 0 Å². The molecule has 0 saturated heterocycles. The predicted octanol–water partition coefficient (Wildman–Crippen LogP) is 3.45. The third-order valence-corrected chi connectivity index (χ3v) is 4.40. The van der Waals surface area contributed by atoms with Gasteiger partial charge >= 0.3 is 5.97 Å². The first-order chi connectivity index (χ1) is 7.50. The lowest BCUT2D eigenvalue weighted by Gasteiger charge is -2.22. The van der Waals surface area contributed by atoms with Gasteiger partial charge in [0.25, 0.3) is 0 Å². The fourth-order valence-electron chi connectivity index (χ4n) is 2.67. The summed E-state index contributed by atoms with van der Waals surface area (Å²) in [7, 11) is 0. The van der Waals surface area contributed by atoms with Gasteiger partial charge in [-0.2, -0.15) is 0 Å². The van der Waals surface area contributed by atoms with Gasteiger partial charge < -0.3 is 5.11 Å². The summed E-state index contributed by atoms with van der Waals surface area (Å²) in [5.74, 6) is -0.567. The number of carbonyl (C=O) groups is 1. The minimum atomic E-state index is -0.676. The van der Waals surface area contributed by atoms with Crippen molar-refractivity contribution in [3.63, 3.8) is 0 Å². The number of benzene rings is 1. The second-order valence-corrected chi connectivity index (χ2v) is 5.62. The van der Waals surface area contributed by atoms with Gasteiger partial charge in [-0.3, -0.25) is 4.79 Å². The number of hydrogen-bond donors (Lipinski definition) is 1. The molecule has 1 unspecified atom stereocenters. The van der Waals surface area contributed by atoms with Crippen LogP contribution in [0.5, 0.6) is 0 Å². The van der Waals surface area contributed by atoms with Crippen LogP contribution < -0.4 is 0 Å². The first kappa shape index (κ1) is 11.6. The van der Waals surface area contributed by atoms with Gasteiger partial charge in [0.2, 0.25) is 0 Å². The van der Waals surface area contributed by atoms with Gasteiger partial charge in [0.15, 0.2) is 0 Å². The summed E-state index contributed by atoms with van der Waals surface area (Å²) in [5, 5.41) is 9.17. The topological polar surface area (TPSA) is 37.3 Å². The average molecular weight is 283 g/mol. The molecule has 0 aromatic heterocycles. The fourth-order valence-corrected chi connectivity index (χ4v) is 3.33. The largest absolute Gasteiger partial charge is 0.481 e. The van der Waals surface area contributed by atoms with Crippen LogP contribution in [0.1, 0.15) is 25.8 Å². The van der Waals surface area contributed by atoms with Crippen LogP contribution in [-0.2, 0) is 10.2 Å². The lowest BCUT2D eigenvalue weighted by molar-refractivity contribution is -0.139. The van der Waals surface area contributed by atoms with Crippen LogP contribution in [0.2, 0.25) is 0 Å². The number of carboxylic acids is 1. The molecule has 1 aromatic rings. The zero-order chi connectivity index (χ0) is 11.9. The van der Waals surface area contributed by atoms with E-state index in [1.807, 2.05) is 24.3 Å². The molecule has 2 rings (SSSR count). The molecule has 2 atom stereocenters. The highest BCUT2D eigenvalue weighted by Gasteiger charge is 2.61. The minimum Gasteiger partial charge on any atom is -0.481 e. The number of rotatable bonds is 3. The van der Waals surface area contributed by atoms with Crippen LogP contribution in [0.15, 0.2) is 28.7 Å². The van der Waals surface area contributed by atoms with Gasteiger partial charge in [-0.1, -0.05) is 48.0 Å². The van der Waals surface area contributed by atoms with Crippen molar-refractivity contribution in [2.45, 2.75) is 25.7 Å². The van der Waals surface area contributed by atoms with Crippen molar-refractivity contribution >= 4 is 21.9 Å². The average Bonchev–Trinajstić information content (AvgIpc) is 2.94. The van der Waals surface area contributed by atoms with Crippen LogP contribution in [0, 0.1) is 11.8 Å². The van der Waals surface area contributed by atoms with Crippen molar-refractivity contribution in [2.24, 2.45) is 11.8 Å². The van der Waals surface area contributed by atoms with Crippen LogP contribution >= 0.6 is 15.9 Å². The van der Waals surface area contributed by atoms with E-state index in [1.54, 1.807) is 0 Å². The highest BCUT2D eigenvalue weighted by molar-refractivity contribution is 9.10. The molecule has 86 valence electrons. The molecular weight excluding hydrogens is 268 g/mol. The number of aliphatic carboxylic acids is 1. The molecule has 0 amide bonds. The number of halogens is 1. The Kier molecular flexibility index (Phi) is 2.82. The van der Waals surface area contributed by atoms with Gasteiger partial charge in [0.05, 0.1) is 5.92 Å². The standard InChI is InChI=1S/C13H15BrO2/c1-8(2)13(7-10(13)12(15)16)9-5-3-4-6-11(9)14/h3-6,8,10H,7H2,1-2H3,(H,15,16)/t10-,13?/m0/s1. The number of carboxylic acid groups (broad SMARTS) is 1. The molecule has 0 radical (unpaired) electrons. The highest BCUT2D eigenvalue weighted by Crippen LogP contribution is 2.60. The Morgan fingerprint density at radius 1 is 1.50 bits per heavy atom. The minimum absolute atomic E-state index is 0.175. The molecule has 1 aliphatic carbocycles. The Morgan fingerprint density at radius 3 is 2.56 bits per heavy atom. The van der Waals surface area contributed by atoms with Crippen LogP contribution in [0.3, 0.4) is 0 Å². The Bertz CT molecular complexity index is 428. The fraction of sp³-hybridized carbons (Fsp3) is 0.462. The maximum Gasteiger partial charge on any atom is 0.307 e. The molecule has 1 aliphatic rings. The lowest BCUT2D eigenvalue weighted by atomic mass is 9.83. The summed E-state index contributed by atoms with van der Waals surface area (Å²) >= 11 is 3.52. The normalized spacial score (nSPS) is 28.1. The summed E-state index contributed by atoms with van der Waals surface area (Å²) < 4.78 is 1.02. The molecule has 16 heavy (non-hydrogen) atoms. The molecule has 1 saturated carbocycles. The van der Waals surface area contributed by atoms with Gasteiger partial charge in [0.1, 0.15) is 0 Å². The van der Waals surface area contributed by atoms with E-state index in [0.29, 0.717) is 5.92 Å². The van der Waals surface area contributed by atoms with Crippen molar-refractivity contribution in [1.29, 1.82) is 0 Å². The zero-order valence-electron chi connectivity index (χ0n) is 9.40. The van der Waals surface area contributed by atoms with E-state index in [2.05, 4.69) is 29.8 Å². The maximum atomic E-state index is 11.2. The van der Waals surface area contributed by atoms with Crippen molar-refractivity contribution in [1.82, 2.24) is 0 Å². The second-order valence-electron chi connectivity index (χ2n) is 4.77. The Morgan fingerprint density at radius 2 is 2.12 bits per heavy atom. The zero-order valence-corrected chi connectivity index (χ0v) is 11.0. The summed E-state index contributed by atoms with van der Waals surface area (Å²) in [6.07, 6.45) is 0.753. The molecular formula is C13H15BrO2. The molecule has 3 heteroatoms. The molecule has 1 N–H and O–H groups in total. The highest BCUT2D eigenvalue weighted by atomic mass is 79.9. The maximum absolute atomic E-state index is 11.2. The summed E-state index contributed by atoms with van der Waals surface area (Å²) in [6.45, 7) is 4.20. The summed E-state index contributed by atoms with van der Waals surface area (Å²) in [5.41, 5.74) is 0.962. The molecule has 2 nitrogen and oxygen atoms in total. The third kappa shape index (κ3) is 1.58. The predicted molar refractivity (Wildman–Crippen MR) is 66.4 cm³/mol. The van der Waals surface area contributed by atoms with E-state index < -0.39 is 5.97 Å². The van der Waals surface area contributed by atoms with Crippen LogP contribution in [0.4, 0.5) is 0 Å². The molecule has 0 spiro atoms. The van der Waals surface area contributed by atoms with E-state index in [4.69, 9.17) is 0 Å². The Labute approximate surface area is 104 Å². The first-order valence-electron chi connectivity index (χ1n) is 5.48. The van der Waals surface area contributed by atoms with Crippen molar-refractivity contribution in [3.05, 3.63) is 34.3 Å². The van der Waals surface area contributed by atoms with Crippen molar-refractivity contribution in [3.8, 4) is 0 Å². The Hall–Kier alpha value is -0.830. The van der Waals surface area contributed by atoms with Gasteiger partial charge in [-0.15, -0.1) is 0 Å². The molecule has 0 aliphatic heterocycles. The van der Waals surface area contributed by atoms with Gasteiger partial charge in [-0.25, -0.2) is 0 Å². The monoisotopic (exact) mass is 282 g/mol. The Balaban J connectivity index is 2.45. The van der Waals surface area contributed by atoms with Crippen molar-refractivity contribution in [2.75, 3.05) is 0 Å². The van der Waals surface area contributed by atoms with E-state index in [-0.39, 0.29) is 11.3 Å². The molecule has 0 heterocycles. The first-order valence-corrected chi connectivity index (χ1v) is 6.27. The van der Waals surface area contributed by atoms with Gasteiger partial charge in [0, 0.05) is 9.89 Å². The number of hydrogen-bond acceptors (Lipinski definition) is 1. The summed E-state index contributed by atoms with van der Waals surface area (Å²) in [6, 6.07) is 7.95. The second kappa shape index (κ2) is 3.88. The van der Waals surface area contributed by atoms with Gasteiger partial charge in [-0.05, 0) is 24.0 Å². The SMILES string of the molecule is CC(C)C1(c2ccccc2Br)C[C@H]1C(=O)O. The third-order valence-electron chi connectivity index (χ3n) is 3.71. The molecule has 0 bridgehead atoms. The van der Waals surface area contributed by atoms with Crippen molar-refractivity contribution < 1.29 is 9.90 Å². The van der Waals surface area contributed by atoms with Crippen LogP contribution in [-0.4, -0.2) is 11.1 Å². The van der Waals surface area contributed by atoms with E-state index >= 15 is 0 Å². The van der Waals surface area contributed by atoms with E-state index in [0.717, 1.165) is 16.5 Å². The molecule has 1 aromatic carbocycles. The molecule has 1 fully saturated rings. The van der Waals surface area contributed by atoms with E-state index in [1.165, 1.54) is 0 Å². The smallest absolute Gasteiger partial charge is 0.307 e. The van der Waals surface area contributed by atoms with E-state index in [9.17, 15) is 9.90 Å². The summed E-state index contributed by atoms with van der Waals surface area (Å²) in [4.78, 5) is 11.2.